The molecule has 0 aliphatic carbocycles. The van der Waals surface area contributed by atoms with Crippen molar-refractivity contribution >= 4 is 18.1 Å². The summed E-state index contributed by atoms with van der Waals surface area (Å²) in [5.41, 5.74) is 2.48. The molecule has 2 heteroatoms. The minimum Gasteiger partial charge on any atom is -0.335 e. The second-order valence-electron chi connectivity index (χ2n) is 3.05. The molecular formula is C11H16N2. The van der Waals surface area contributed by atoms with Gasteiger partial charge in [-0.1, -0.05) is 12.2 Å². The Balaban J connectivity index is 3.28. The van der Waals surface area contributed by atoms with Gasteiger partial charge in [0, 0.05) is 25.0 Å². The zero-order valence-corrected chi connectivity index (χ0v) is 8.70. The van der Waals surface area contributed by atoms with Gasteiger partial charge in [-0.25, -0.2) is 4.99 Å². The van der Waals surface area contributed by atoms with Crippen molar-refractivity contribution < 1.29 is 0 Å². The van der Waals surface area contributed by atoms with E-state index in [0.29, 0.717) is 0 Å². The lowest BCUT2D eigenvalue weighted by Crippen LogP contribution is -1.83. The average molecular weight is 176 g/mol. The second kappa shape index (κ2) is 4.08. The summed E-state index contributed by atoms with van der Waals surface area (Å²) in [5, 5.41) is 0. The van der Waals surface area contributed by atoms with E-state index in [2.05, 4.69) is 24.2 Å². The van der Waals surface area contributed by atoms with Crippen LogP contribution in [-0.2, 0) is 7.05 Å². The molecule has 1 aromatic rings. The molecule has 0 fully saturated rings. The van der Waals surface area contributed by atoms with E-state index in [1.165, 1.54) is 11.1 Å². The molecule has 1 rings (SSSR count). The van der Waals surface area contributed by atoms with Crippen LogP contribution < -0.4 is 0 Å². The highest BCUT2D eigenvalue weighted by molar-refractivity contribution is 5.70. The summed E-state index contributed by atoms with van der Waals surface area (Å²) in [4.78, 5) is 4.33. The van der Waals surface area contributed by atoms with E-state index in [1.807, 2.05) is 37.8 Å². The maximum atomic E-state index is 4.33. The SMILES string of the molecule is C/C=C\c1c(C)cn(C)c1/N=C\C. The highest BCUT2D eigenvalue weighted by Crippen LogP contribution is 2.25. The lowest BCUT2D eigenvalue weighted by Gasteiger charge is -1.97. The Morgan fingerprint density at radius 1 is 1.38 bits per heavy atom. The Hall–Kier alpha value is -1.31. The van der Waals surface area contributed by atoms with Crippen LogP contribution in [-0.4, -0.2) is 10.8 Å². The number of hydrogen-bond acceptors (Lipinski definition) is 1. The van der Waals surface area contributed by atoms with Gasteiger partial charge in [-0.3, -0.25) is 0 Å². The molecule has 0 N–H and O–H groups in total. The third-order valence-corrected chi connectivity index (χ3v) is 1.97. The molecule has 0 saturated heterocycles. The molecule has 1 aromatic heterocycles. The van der Waals surface area contributed by atoms with E-state index >= 15 is 0 Å². The molecule has 0 bridgehead atoms. The van der Waals surface area contributed by atoms with Crippen LogP contribution in [0.4, 0.5) is 5.82 Å². The quantitative estimate of drug-likeness (QED) is 0.616. The standard InChI is InChI=1S/C11H16N2/c1-5-7-10-9(3)8-13(4)11(10)12-6-2/h5-8H,1-4H3/b7-5-,12-6-. The van der Waals surface area contributed by atoms with Crippen molar-refractivity contribution in [1.29, 1.82) is 0 Å². The van der Waals surface area contributed by atoms with Crippen LogP contribution in [0.5, 0.6) is 0 Å². The maximum absolute atomic E-state index is 4.33. The normalized spacial score (nSPS) is 12.0. The molecule has 0 aromatic carbocycles. The van der Waals surface area contributed by atoms with Crippen LogP contribution >= 0.6 is 0 Å². The Bertz CT molecular complexity index is 311. The molecule has 0 saturated carbocycles. The van der Waals surface area contributed by atoms with Gasteiger partial charge >= 0.3 is 0 Å². The lowest BCUT2D eigenvalue weighted by molar-refractivity contribution is 0.923. The summed E-state index contributed by atoms with van der Waals surface area (Å²) in [5.74, 6) is 1.03. The Kier molecular flexibility index (Phi) is 3.07. The molecule has 70 valence electrons. The van der Waals surface area contributed by atoms with Crippen molar-refractivity contribution in [3.05, 3.63) is 23.4 Å². The molecule has 0 aliphatic rings. The molecule has 0 spiro atoms. The molecule has 1 heterocycles. The fourth-order valence-electron chi connectivity index (χ4n) is 1.44. The van der Waals surface area contributed by atoms with E-state index in [0.717, 1.165) is 5.82 Å². The number of aliphatic imine (C=N–C) groups is 1. The van der Waals surface area contributed by atoms with E-state index in [9.17, 15) is 0 Å². The minimum atomic E-state index is 1.03. The molecule has 0 aliphatic heterocycles. The molecule has 0 amide bonds. The van der Waals surface area contributed by atoms with Gasteiger partial charge in [0.25, 0.3) is 0 Å². The number of aryl methyl sites for hydroxylation is 2. The third kappa shape index (κ3) is 1.89. The average Bonchev–Trinajstić information content (AvgIpc) is 2.33. The van der Waals surface area contributed by atoms with Crippen molar-refractivity contribution in [1.82, 2.24) is 4.57 Å². The third-order valence-electron chi connectivity index (χ3n) is 1.97. The van der Waals surface area contributed by atoms with Crippen LogP contribution in [0.3, 0.4) is 0 Å². The highest BCUT2D eigenvalue weighted by Gasteiger charge is 2.05. The van der Waals surface area contributed by atoms with E-state index in [-0.39, 0.29) is 0 Å². The van der Waals surface area contributed by atoms with Gasteiger partial charge in [-0.15, -0.1) is 0 Å². The van der Waals surface area contributed by atoms with Crippen LogP contribution in [0.25, 0.3) is 6.08 Å². The smallest absolute Gasteiger partial charge is 0.139 e. The van der Waals surface area contributed by atoms with Gasteiger partial charge in [0.2, 0.25) is 0 Å². The first kappa shape index (κ1) is 9.78. The molecule has 0 unspecified atom stereocenters. The first-order chi connectivity index (χ1) is 6.20. The topological polar surface area (TPSA) is 17.3 Å². The van der Waals surface area contributed by atoms with Gasteiger partial charge in [0.1, 0.15) is 5.82 Å². The van der Waals surface area contributed by atoms with Crippen molar-refractivity contribution in [2.24, 2.45) is 12.0 Å². The number of aromatic nitrogens is 1. The van der Waals surface area contributed by atoms with Crippen LogP contribution in [0.1, 0.15) is 25.0 Å². The first-order valence-corrected chi connectivity index (χ1v) is 4.48. The van der Waals surface area contributed by atoms with Crippen molar-refractivity contribution in [2.75, 3.05) is 0 Å². The van der Waals surface area contributed by atoms with Crippen LogP contribution in [0, 0.1) is 6.92 Å². The van der Waals surface area contributed by atoms with E-state index in [4.69, 9.17) is 0 Å². The zero-order chi connectivity index (χ0) is 9.84. The molecule has 0 atom stereocenters. The van der Waals surface area contributed by atoms with Gasteiger partial charge in [0.15, 0.2) is 0 Å². The van der Waals surface area contributed by atoms with E-state index < -0.39 is 0 Å². The van der Waals surface area contributed by atoms with Crippen LogP contribution in [0.15, 0.2) is 17.3 Å². The van der Waals surface area contributed by atoms with Crippen molar-refractivity contribution in [3.8, 4) is 0 Å². The van der Waals surface area contributed by atoms with E-state index in [1.54, 1.807) is 0 Å². The summed E-state index contributed by atoms with van der Waals surface area (Å²) in [6.07, 6.45) is 8.05. The summed E-state index contributed by atoms with van der Waals surface area (Å²) in [7, 11) is 2.02. The Labute approximate surface area is 79.6 Å². The van der Waals surface area contributed by atoms with Gasteiger partial charge in [0.05, 0.1) is 0 Å². The van der Waals surface area contributed by atoms with Gasteiger partial charge in [-0.2, -0.15) is 0 Å². The summed E-state index contributed by atoms with van der Waals surface area (Å²) < 4.78 is 2.05. The Morgan fingerprint density at radius 3 is 2.62 bits per heavy atom. The lowest BCUT2D eigenvalue weighted by atomic mass is 10.2. The number of hydrogen-bond donors (Lipinski definition) is 0. The van der Waals surface area contributed by atoms with Crippen LogP contribution in [0.2, 0.25) is 0 Å². The number of rotatable bonds is 2. The fraction of sp³-hybridized carbons (Fsp3) is 0.364. The minimum absolute atomic E-state index is 1.03. The number of allylic oxidation sites excluding steroid dienone is 1. The van der Waals surface area contributed by atoms with Gasteiger partial charge < -0.3 is 4.57 Å². The molecule has 0 radical (unpaired) electrons. The zero-order valence-electron chi connectivity index (χ0n) is 8.70. The first-order valence-electron chi connectivity index (χ1n) is 4.48. The molecular weight excluding hydrogens is 160 g/mol. The summed E-state index contributed by atoms with van der Waals surface area (Å²) in [6.45, 7) is 6.05. The molecule has 2 nitrogen and oxygen atoms in total. The number of nitrogens with zero attached hydrogens (tertiary/aromatic N) is 2. The van der Waals surface area contributed by atoms with Crippen molar-refractivity contribution in [2.45, 2.75) is 20.8 Å². The predicted molar refractivity (Wildman–Crippen MR) is 58.7 cm³/mol. The summed E-state index contributed by atoms with van der Waals surface area (Å²) >= 11 is 0. The molecule has 13 heavy (non-hydrogen) atoms. The largest absolute Gasteiger partial charge is 0.335 e. The highest BCUT2D eigenvalue weighted by atomic mass is 15.0. The van der Waals surface area contributed by atoms with Crippen molar-refractivity contribution in [3.63, 3.8) is 0 Å². The summed E-state index contributed by atoms with van der Waals surface area (Å²) in [6, 6.07) is 0. The van der Waals surface area contributed by atoms with Gasteiger partial charge in [-0.05, 0) is 26.3 Å². The predicted octanol–water partition coefficient (Wildman–Crippen LogP) is 3.09. The second-order valence-corrected chi connectivity index (χ2v) is 3.05. The Morgan fingerprint density at radius 2 is 2.08 bits per heavy atom. The monoisotopic (exact) mass is 176 g/mol. The fourth-order valence-corrected chi connectivity index (χ4v) is 1.44. The maximum Gasteiger partial charge on any atom is 0.139 e.